The molecule has 6 heteroatoms. The number of hydrogen-bond donors (Lipinski definition) is 2. The molecule has 2 N–H and O–H groups in total. The van der Waals surface area contributed by atoms with Crippen LogP contribution in [0, 0.1) is 6.92 Å². The Morgan fingerprint density at radius 3 is 2.65 bits per heavy atom. The summed E-state index contributed by atoms with van der Waals surface area (Å²) in [5.41, 5.74) is 0.457. The van der Waals surface area contributed by atoms with Crippen molar-refractivity contribution in [2.24, 2.45) is 0 Å². The van der Waals surface area contributed by atoms with Crippen molar-refractivity contribution >= 4 is 5.91 Å². The molecule has 0 unspecified atom stereocenters. The first kappa shape index (κ1) is 15.0. The zero-order valence-corrected chi connectivity index (χ0v) is 12.2. The molecule has 20 heavy (non-hydrogen) atoms. The highest BCUT2D eigenvalue weighted by atomic mass is 16.5. The lowest BCUT2D eigenvalue weighted by molar-refractivity contribution is 0.0125. The smallest absolute Gasteiger partial charge is 0.257 e. The van der Waals surface area contributed by atoms with Crippen molar-refractivity contribution in [1.82, 2.24) is 10.5 Å². The molecular formula is C14H22N2O4. The average molecular weight is 282 g/mol. The Kier molecular flexibility index (Phi) is 4.45. The van der Waals surface area contributed by atoms with Gasteiger partial charge in [-0.25, -0.2) is 0 Å². The van der Waals surface area contributed by atoms with E-state index in [-0.39, 0.29) is 18.4 Å². The second-order valence-electron chi connectivity index (χ2n) is 5.67. The van der Waals surface area contributed by atoms with Crippen molar-refractivity contribution in [3.05, 3.63) is 17.0 Å². The number of aliphatic hydroxyl groups excluding tert-OH is 1. The van der Waals surface area contributed by atoms with E-state index in [0.29, 0.717) is 43.1 Å². The number of carbonyl (C=O) groups is 1. The molecule has 2 rings (SSSR count). The molecule has 0 bridgehead atoms. The minimum Gasteiger partial charge on any atom is -0.394 e. The zero-order valence-electron chi connectivity index (χ0n) is 12.2. The molecule has 1 aromatic rings. The lowest BCUT2D eigenvalue weighted by atomic mass is 9.90. The SMILES string of the molecule is Cc1noc(C(C)C)c1C(=O)NC1(CO)CCOCC1. The van der Waals surface area contributed by atoms with Gasteiger partial charge in [0, 0.05) is 19.1 Å². The molecule has 0 aromatic carbocycles. The zero-order chi connectivity index (χ0) is 14.8. The monoisotopic (exact) mass is 282 g/mol. The van der Waals surface area contributed by atoms with Crippen LogP contribution in [0.2, 0.25) is 0 Å². The maximum absolute atomic E-state index is 12.5. The third kappa shape index (κ3) is 2.86. The maximum Gasteiger partial charge on any atom is 0.257 e. The number of rotatable bonds is 4. The topological polar surface area (TPSA) is 84.6 Å². The third-order valence-corrected chi connectivity index (χ3v) is 3.77. The van der Waals surface area contributed by atoms with Gasteiger partial charge in [0.05, 0.1) is 17.8 Å². The highest BCUT2D eigenvalue weighted by molar-refractivity contribution is 5.96. The van der Waals surface area contributed by atoms with Crippen molar-refractivity contribution in [1.29, 1.82) is 0 Å². The van der Waals surface area contributed by atoms with E-state index in [9.17, 15) is 9.90 Å². The van der Waals surface area contributed by atoms with Gasteiger partial charge in [0.15, 0.2) is 5.76 Å². The summed E-state index contributed by atoms with van der Waals surface area (Å²) >= 11 is 0. The minimum atomic E-state index is -0.604. The normalized spacial score (nSPS) is 18.2. The summed E-state index contributed by atoms with van der Waals surface area (Å²) in [5, 5.41) is 16.5. The number of amides is 1. The predicted molar refractivity (Wildman–Crippen MR) is 72.7 cm³/mol. The molecular weight excluding hydrogens is 260 g/mol. The molecule has 0 atom stereocenters. The van der Waals surface area contributed by atoms with E-state index >= 15 is 0 Å². The van der Waals surface area contributed by atoms with Gasteiger partial charge in [-0.3, -0.25) is 4.79 Å². The van der Waals surface area contributed by atoms with Crippen LogP contribution in [-0.2, 0) is 4.74 Å². The molecule has 1 saturated heterocycles. The molecule has 2 heterocycles. The number of hydrogen-bond acceptors (Lipinski definition) is 5. The standard InChI is InChI=1S/C14H22N2O4/c1-9(2)12-11(10(3)16-20-12)13(18)15-14(8-17)4-6-19-7-5-14/h9,17H,4-8H2,1-3H3,(H,15,18). The number of aromatic nitrogens is 1. The van der Waals surface area contributed by atoms with E-state index in [0.717, 1.165) is 0 Å². The van der Waals surface area contributed by atoms with Crippen LogP contribution in [0.1, 0.15) is 54.4 Å². The molecule has 0 aliphatic carbocycles. The van der Waals surface area contributed by atoms with E-state index in [4.69, 9.17) is 9.26 Å². The highest BCUT2D eigenvalue weighted by Crippen LogP contribution is 2.25. The van der Waals surface area contributed by atoms with Crippen LogP contribution >= 0.6 is 0 Å². The Balaban J connectivity index is 2.21. The number of aryl methyl sites for hydroxylation is 1. The second kappa shape index (κ2) is 5.93. The molecule has 1 amide bonds. The van der Waals surface area contributed by atoms with Crippen LogP contribution in [-0.4, -0.2) is 41.5 Å². The Morgan fingerprint density at radius 1 is 1.45 bits per heavy atom. The van der Waals surface area contributed by atoms with Gasteiger partial charge in [-0.05, 0) is 19.8 Å². The Hall–Kier alpha value is -1.40. The van der Waals surface area contributed by atoms with Gasteiger partial charge in [-0.15, -0.1) is 0 Å². The molecule has 0 radical (unpaired) electrons. The fraction of sp³-hybridized carbons (Fsp3) is 0.714. The molecule has 112 valence electrons. The summed E-state index contributed by atoms with van der Waals surface area (Å²) in [7, 11) is 0. The largest absolute Gasteiger partial charge is 0.394 e. The van der Waals surface area contributed by atoms with E-state index in [2.05, 4.69) is 10.5 Å². The fourth-order valence-corrected chi connectivity index (χ4v) is 2.45. The van der Waals surface area contributed by atoms with Crippen molar-refractivity contribution < 1.29 is 19.2 Å². The van der Waals surface area contributed by atoms with Crippen molar-refractivity contribution in [2.45, 2.75) is 45.1 Å². The molecule has 1 aliphatic heterocycles. The average Bonchev–Trinajstić information content (AvgIpc) is 2.82. The molecule has 6 nitrogen and oxygen atoms in total. The van der Waals surface area contributed by atoms with E-state index in [1.54, 1.807) is 6.92 Å². The number of nitrogens with one attached hydrogen (secondary N) is 1. The van der Waals surface area contributed by atoms with Gasteiger partial charge in [0.25, 0.3) is 5.91 Å². The van der Waals surface area contributed by atoms with E-state index in [1.807, 2.05) is 13.8 Å². The van der Waals surface area contributed by atoms with Gasteiger partial charge in [-0.2, -0.15) is 0 Å². The number of nitrogens with zero attached hydrogens (tertiary/aromatic N) is 1. The van der Waals surface area contributed by atoms with E-state index < -0.39 is 5.54 Å². The number of aliphatic hydroxyl groups is 1. The van der Waals surface area contributed by atoms with Crippen LogP contribution in [0.5, 0.6) is 0 Å². The van der Waals surface area contributed by atoms with Gasteiger partial charge < -0.3 is 19.7 Å². The van der Waals surface area contributed by atoms with Gasteiger partial charge in [0.2, 0.25) is 0 Å². The Labute approximate surface area is 118 Å². The number of ether oxygens (including phenoxy) is 1. The summed E-state index contributed by atoms with van der Waals surface area (Å²) in [5.74, 6) is 0.431. The molecule has 0 saturated carbocycles. The molecule has 0 spiro atoms. The Morgan fingerprint density at radius 2 is 2.10 bits per heavy atom. The quantitative estimate of drug-likeness (QED) is 0.871. The van der Waals surface area contributed by atoms with Crippen molar-refractivity contribution in [3.8, 4) is 0 Å². The lowest BCUT2D eigenvalue weighted by Crippen LogP contribution is -2.54. The third-order valence-electron chi connectivity index (χ3n) is 3.77. The van der Waals surface area contributed by atoms with E-state index in [1.165, 1.54) is 0 Å². The number of carbonyl (C=O) groups excluding carboxylic acids is 1. The first-order valence-corrected chi connectivity index (χ1v) is 6.96. The van der Waals surface area contributed by atoms with Gasteiger partial charge in [-0.1, -0.05) is 19.0 Å². The lowest BCUT2D eigenvalue weighted by Gasteiger charge is -2.36. The highest BCUT2D eigenvalue weighted by Gasteiger charge is 2.35. The van der Waals surface area contributed by atoms with Crippen LogP contribution in [0.3, 0.4) is 0 Å². The first-order valence-electron chi connectivity index (χ1n) is 6.96. The van der Waals surface area contributed by atoms with Gasteiger partial charge >= 0.3 is 0 Å². The summed E-state index contributed by atoms with van der Waals surface area (Å²) in [6.07, 6.45) is 1.22. The molecule has 1 aromatic heterocycles. The molecule has 1 fully saturated rings. The van der Waals surface area contributed by atoms with Crippen molar-refractivity contribution in [2.75, 3.05) is 19.8 Å². The first-order chi connectivity index (χ1) is 9.49. The maximum atomic E-state index is 12.5. The summed E-state index contributed by atoms with van der Waals surface area (Å²) in [4.78, 5) is 12.5. The molecule has 1 aliphatic rings. The van der Waals surface area contributed by atoms with Crippen LogP contribution in [0.15, 0.2) is 4.52 Å². The Bertz CT molecular complexity index is 476. The van der Waals surface area contributed by atoms with Crippen LogP contribution in [0.25, 0.3) is 0 Å². The van der Waals surface area contributed by atoms with Crippen LogP contribution < -0.4 is 5.32 Å². The van der Waals surface area contributed by atoms with Gasteiger partial charge in [0.1, 0.15) is 5.56 Å². The minimum absolute atomic E-state index is 0.0803. The van der Waals surface area contributed by atoms with Crippen molar-refractivity contribution in [3.63, 3.8) is 0 Å². The predicted octanol–water partition coefficient (Wildman–Crippen LogP) is 1.38. The van der Waals surface area contributed by atoms with Crippen LogP contribution in [0.4, 0.5) is 0 Å². The summed E-state index contributed by atoms with van der Waals surface area (Å²) < 4.78 is 10.5. The summed E-state index contributed by atoms with van der Waals surface area (Å²) in [6, 6.07) is 0. The summed E-state index contributed by atoms with van der Waals surface area (Å²) in [6.45, 7) is 6.64. The fourth-order valence-electron chi connectivity index (χ4n) is 2.45. The second-order valence-corrected chi connectivity index (χ2v) is 5.67.